The third kappa shape index (κ3) is 3.78. The van der Waals surface area contributed by atoms with Crippen molar-refractivity contribution in [2.24, 2.45) is 0 Å². The topological polar surface area (TPSA) is 46.6 Å². The van der Waals surface area contributed by atoms with Crippen molar-refractivity contribution >= 4 is 33.1 Å². The molecule has 1 heterocycles. The summed E-state index contributed by atoms with van der Waals surface area (Å²) in [5, 5.41) is 3.29. The minimum absolute atomic E-state index is 0.0146. The second-order valence-electron chi connectivity index (χ2n) is 6.27. The predicted octanol–water partition coefficient (Wildman–Crippen LogP) is 4.31. The molecule has 0 radical (unpaired) electrons. The van der Waals surface area contributed by atoms with Gasteiger partial charge in [0.2, 0.25) is 5.91 Å². The lowest BCUT2D eigenvalue weighted by Crippen LogP contribution is -2.27. The zero-order chi connectivity index (χ0) is 18.7. The molecule has 2 aromatic carbocycles. The van der Waals surface area contributed by atoms with Crippen molar-refractivity contribution < 1.29 is 14.3 Å². The van der Waals surface area contributed by atoms with Crippen LogP contribution in [0.2, 0.25) is 0 Å². The van der Waals surface area contributed by atoms with Crippen molar-refractivity contribution in [2.75, 3.05) is 14.2 Å². The van der Waals surface area contributed by atoms with Crippen LogP contribution in [0.5, 0.6) is 5.75 Å². The number of hydrogen-bond acceptors (Lipinski definition) is 4. The molecule has 0 unspecified atom stereocenters. The SMILES string of the molecule is COc1ccc(C(C)=O)cc1CC(=O)N(C)Cc1csc2ccccc12. The van der Waals surface area contributed by atoms with Gasteiger partial charge in [0.1, 0.15) is 5.75 Å². The van der Waals surface area contributed by atoms with E-state index in [1.165, 1.54) is 17.0 Å². The van der Waals surface area contributed by atoms with Gasteiger partial charge in [-0.2, -0.15) is 0 Å². The summed E-state index contributed by atoms with van der Waals surface area (Å²) in [6.45, 7) is 2.07. The number of likely N-dealkylation sites (N-methyl/N-ethyl adjacent to an activating group) is 1. The van der Waals surface area contributed by atoms with E-state index in [4.69, 9.17) is 4.74 Å². The standard InChI is InChI=1S/C21H21NO3S/c1-14(23)15-8-9-19(25-3)16(10-15)11-21(24)22(2)12-17-13-26-20-7-5-4-6-18(17)20/h4-10,13H,11-12H2,1-3H3. The van der Waals surface area contributed by atoms with Crippen LogP contribution in [0.4, 0.5) is 0 Å². The number of ether oxygens (including phenoxy) is 1. The molecule has 3 rings (SSSR count). The normalized spacial score (nSPS) is 10.7. The minimum Gasteiger partial charge on any atom is -0.496 e. The number of ketones is 1. The van der Waals surface area contributed by atoms with Gasteiger partial charge in [0.25, 0.3) is 0 Å². The first-order valence-corrected chi connectivity index (χ1v) is 9.24. The number of hydrogen-bond donors (Lipinski definition) is 0. The summed E-state index contributed by atoms with van der Waals surface area (Å²) in [6.07, 6.45) is 0.197. The molecule has 1 amide bonds. The van der Waals surface area contributed by atoms with Gasteiger partial charge < -0.3 is 9.64 Å². The Kier molecular flexibility index (Phi) is 5.38. The van der Waals surface area contributed by atoms with Gasteiger partial charge in [-0.25, -0.2) is 0 Å². The maximum Gasteiger partial charge on any atom is 0.227 e. The first-order valence-electron chi connectivity index (χ1n) is 8.36. The van der Waals surface area contributed by atoms with E-state index >= 15 is 0 Å². The fourth-order valence-electron chi connectivity index (χ4n) is 2.93. The summed E-state index contributed by atoms with van der Waals surface area (Å²) < 4.78 is 6.57. The van der Waals surface area contributed by atoms with Crippen molar-refractivity contribution in [3.63, 3.8) is 0 Å². The number of benzene rings is 2. The molecule has 0 spiro atoms. The largest absolute Gasteiger partial charge is 0.496 e. The number of thiophene rings is 1. The molecule has 0 aliphatic carbocycles. The van der Waals surface area contributed by atoms with Gasteiger partial charge in [-0.15, -0.1) is 11.3 Å². The maximum absolute atomic E-state index is 12.7. The highest BCUT2D eigenvalue weighted by atomic mass is 32.1. The average molecular weight is 367 g/mol. The Bertz CT molecular complexity index is 961. The highest BCUT2D eigenvalue weighted by molar-refractivity contribution is 7.17. The van der Waals surface area contributed by atoms with Crippen LogP contribution < -0.4 is 4.74 Å². The molecule has 1 aromatic heterocycles. The van der Waals surface area contributed by atoms with Crippen LogP contribution in [0.3, 0.4) is 0 Å². The third-order valence-corrected chi connectivity index (χ3v) is 5.44. The molecule has 134 valence electrons. The molecule has 4 nitrogen and oxygen atoms in total. The van der Waals surface area contributed by atoms with Crippen LogP contribution in [0.1, 0.15) is 28.4 Å². The fraction of sp³-hybridized carbons (Fsp3) is 0.238. The number of carbonyl (C=O) groups is 2. The van der Waals surface area contributed by atoms with E-state index in [9.17, 15) is 9.59 Å². The van der Waals surface area contributed by atoms with Gasteiger partial charge in [0.15, 0.2) is 5.78 Å². The fourth-order valence-corrected chi connectivity index (χ4v) is 3.89. The Morgan fingerprint density at radius 2 is 1.88 bits per heavy atom. The van der Waals surface area contributed by atoms with Gasteiger partial charge in [-0.3, -0.25) is 9.59 Å². The van der Waals surface area contributed by atoms with Crippen LogP contribution in [-0.4, -0.2) is 30.7 Å². The lowest BCUT2D eigenvalue weighted by atomic mass is 10.0. The number of fused-ring (bicyclic) bond motifs is 1. The first kappa shape index (κ1) is 18.1. The first-order chi connectivity index (χ1) is 12.5. The lowest BCUT2D eigenvalue weighted by molar-refractivity contribution is -0.129. The molecule has 26 heavy (non-hydrogen) atoms. The van der Waals surface area contributed by atoms with E-state index in [0.717, 1.165) is 11.1 Å². The summed E-state index contributed by atoms with van der Waals surface area (Å²) in [6, 6.07) is 13.4. The second-order valence-corrected chi connectivity index (χ2v) is 7.18. The van der Waals surface area contributed by atoms with Crippen molar-refractivity contribution in [2.45, 2.75) is 19.9 Å². The monoisotopic (exact) mass is 367 g/mol. The zero-order valence-corrected chi connectivity index (χ0v) is 15.9. The third-order valence-electron chi connectivity index (χ3n) is 4.42. The van der Waals surface area contributed by atoms with Crippen molar-refractivity contribution in [3.05, 3.63) is 64.5 Å². The van der Waals surface area contributed by atoms with Crippen molar-refractivity contribution in [1.29, 1.82) is 0 Å². The highest BCUT2D eigenvalue weighted by Gasteiger charge is 2.16. The molecule has 0 N–H and O–H groups in total. The van der Waals surface area contributed by atoms with Gasteiger partial charge in [-0.05, 0) is 47.5 Å². The molecule has 0 aliphatic heterocycles. The van der Waals surface area contributed by atoms with Crippen LogP contribution >= 0.6 is 11.3 Å². The smallest absolute Gasteiger partial charge is 0.227 e. The summed E-state index contributed by atoms with van der Waals surface area (Å²) in [7, 11) is 3.37. The summed E-state index contributed by atoms with van der Waals surface area (Å²) in [5.74, 6) is 0.580. The Hall–Kier alpha value is -2.66. The lowest BCUT2D eigenvalue weighted by Gasteiger charge is -2.18. The van der Waals surface area contributed by atoms with Gasteiger partial charge in [-0.1, -0.05) is 18.2 Å². The van der Waals surface area contributed by atoms with Gasteiger partial charge in [0.05, 0.1) is 13.5 Å². The number of carbonyl (C=O) groups excluding carboxylic acids is 2. The number of amides is 1. The van der Waals surface area contributed by atoms with Gasteiger partial charge >= 0.3 is 0 Å². The zero-order valence-electron chi connectivity index (χ0n) is 15.1. The van der Waals surface area contributed by atoms with E-state index in [2.05, 4.69) is 17.5 Å². The number of nitrogens with zero attached hydrogens (tertiary/aromatic N) is 1. The molecular weight excluding hydrogens is 346 g/mol. The Morgan fingerprint density at radius 3 is 2.62 bits per heavy atom. The van der Waals surface area contributed by atoms with Crippen LogP contribution in [0.25, 0.3) is 10.1 Å². The van der Waals surface area contributed by atoms with E-state index in [1.54, 1.807) is 48.6 Å². The molecule has 3 aromatic rings. The van der Waals surface area contributed by atoms with Gasteiger partial charge in [0, 0.05) is 29.4 Å². The predicted molar refractivity (Wildman–Crippen MR) is 105 cm³/mol. The molecule has 0 aliphatic rings. The Labute approximate surface area is 157 Å². The molecule has 0 saturated carbocycles. The number of rotatable bonds is 6. The molecule has 0 bridgehead atoms. The average Bonchev–Trinajstić information content (AvgIpc) is 3.04. The highest BCUT2D eigenvalue weighted by Crippen LogP contribution is 2.27. The summed E-state index contributed by atoms with van der Waals surface area (Å²) in [4.78, 5) is 26.0. The van der Waals surface area contributed by atoms with Crippen molar-refractivity contribution in [3.8, 4) is 5.75 Å². The molecule has 0 saturated heterocycles. The second kappa shape index (κ2) is 7.70. The Balaban J connectivity index is 1.77. The molecule has 0 fully saturated rings. The number of Topliss-reactive ketones (excluding diaryl/α,β-unsaturated/α-hetero) is 1. The summed E-state index contributed by atoms with van der Waals surface area (Å²) >= 11 is 1.69. The van der Waals surface area contributed by atoms with E-state index in [-0.39, 0.29) is 18.1 Å². The van der Waals surface area contributed by atoms with E-state index in [0.29, 0.717) is 17.9 Å². The molecule has 5 heteroatoms. The van der Waals surface area contributed by atoms with Crippen LogP contribution in [-0.2, 0) is 17.8 Å². The quantitative estimate of drug-likeness (QED) is 0.610. The van der Waals surface area contributed by atoms with Crippen LogP contribution in [0.15, 0.2) is 47.8 Å². The Morgan fingerprint density at radius 1 is 1.12 bits per heavy atom. The summed E-state index contributed by atoms with van der Waals surface area (Å²) in [5.41, 5.74) is 2.46. The molecule has 0 atom stereocenters. The molecular formula is C21H21NO3S. The van der Waals surface area contributed by atoms with E-state index in [1.807, 2.05) is 12.1 Å². The maximum atomic E-state index is 12.7. The minimum atomic E-state index is -0.0283. The van der Waals surface area contributed by atoms with Crippen LogP contribution in [0, 0.1) is 0 Å². The van der Waals surface area contributed by atoms with E-state index < -0.39 is 0 Å². The number of methoxy groups -OCH3 is 1. The van der Waals surface area contributed by atoms with Crippen molar-refractivity contribution in [1.82, 2.24) is 4.90 Å².